The molecule has 1 unspecified atom stereocenters. The van der Waals surface area contributed by atoms with Gasteiger partial charge in [-0.2, -0.15) is 0 Å². The van der Waals surface area contributed by atoms with E-state index in [2.05, 4.69) is 28.2 Å². The molecule has 0 saturated carbocycles. The molecule has 1 aliphatic rings. The number of benzene rings is 2. The quantitative estimate of drug-likeness (QED) is 0.657. The van der Waals surface area contributed by atoms with Crippen molar-refractivity contribution in [2.75, 3.05) is 0 Å². The first-order chi connectivity index (χ1) is 13.0. The third-order valence-electron chi connectivity index (χ3n) is 4.86. The largest absolute Gasteiger partial charge is 0.387 e. The van der Waals surface area contributed by atoms with Gasteiger partial charge in [-0.25, -0.2) is 9.38 Å². The highest BCUT2D eigenvalue weighted by molar-refractivity contribution is 5.91. The SMILES string of the molecule is Cc1cc(-c2ncccc2-c2ccc3c(c2)C=CC(C)C(N)=N3)ccc1F. The Balaban J connectivity index is 1.84. The van der Waals surface area contributed by atoms with Gasteiger partial charge in [0.1, 0.15) is 11.7 Å². The maximum absolute atomic E-state index is 13.7. The normalized spacial score (nSPS) is 15.8. The van der Waals surface area contributed by atoms with Crippen LogP contribution in [0.2, 0.25) is 0 Å². The highest BCUT2D eigenvalue weighted by Gasteiger charge is 2.14. The van der Waals surface area contributed by atoms with Gasteiger partial charge >= 0.3 is 0 Å². The van der Waals surface area contributed by atoms with Crippen molar-refractivity contribution in [2.24, 2.45) is 16.6 Å². The number of rotatable bonds is 2. The van der Waals surface area contributed by atoms with Gasteiger partial charge in [-0.15, -0.1) is 0 Å². The van der Waals surface area contributed by atoms with E-state index in [1.54, 1.807) is 19.2 Å². The summed E-state index contributed by atoms with van der Waals surface area (Å²) in [6.45, 7) is 3.79. The van der Waals surface area contributed by atoms with Gasteiger partial charge in [-0.3, -0.25) is 4.98 Å². The lowest BCUT2D eigenvalue weighted by Crippen LogP contribution is -2.18. The van der Waals surface area contributed by atoms with Crippen LogP contribution in [0.25, 0.3) is 28.5 Å². The van der Waals surface area contributed by atoms with Crippen molar-refractivity contribution in [1.29, 1.82) is 0 Å². The van der Waals surface area contributed by atoms with Crippen molar-refractivity contribution in [1.82, 2.24) is 4.98 Å². The Morgan fingerprint density at radius 2 is 1.85 bits per heavy atom. The molecular formula is C23H20FN3. The van der Waals surface area contributed by atoms with Crippen LogP contribution in [0, 0.1) is 18.7 Å². The van der Waals surface area contributed by atoms with Crippen LogP contribution in [0.5, 0.6) is 0 Å². The van der Waals surface area contributed by atoms with Crippen molar-refractivity contribution in [3.8, 4) is 22.4 Å². The number of nitrogens with zero attached hydrogens (tertiary/aromatic N) is 2. The summed E-state index contributed by atoms with van der Waals surface area (Å²) in [7, 11) is 0. The van der Waals surface area contributed by atoms with Crippen LogP contribution in [0.15, 0.2) is 65.8 Å². The van der Waals surface area contributed by atoms with E-state index in [0.29, 0.717) is 11.4 Å². The Morgan fingerprint density at radius 3 is 2.67 bits per heavy atom. The van der Waals surface area contributed by atoms with Gasteiger partial charge in [-0.1, -0.05) is 31.2 Å². The van der Waals surface area contributed by atoms with Gasteiger partial charge in [0, 0.05) is 28.8 Å². The maximum Gasteiger partial charge on any atom is 0.126 e. The lowest BCUT2D eigenvalue weighted by atomic mass is 9.96. The van der Waals surface area contributed by atoms with Crippen LogP contribution >= 0.6 is 0 Å². The minimum Gasteiger partial charge on any atom is -0.387 e. The zero-order chi connectivity index (χ0) is 19.0. The number of aryl methyl sites for hydroxylation is 1. The molecule has 134 valence electrons. The predicted molar refractivity (Wildman–Crippen MR) is 109 cm³/mol. The van der Waals surface area contributed by atoms with E-state index in [-0.39, 0.29) is 11.7 Å². The molecule has 0 radical (unpaired) electrons. The van der Waals surface area contributed by atoms with Crippen LogP contribution in [-0.2, 0) is 0 Å². The van der Waals surface area contributed by atoms with Gasteiger partial charge in [0.15, 0.2) is 0 Å². The van der Waals surface area contributed by atoms with Gasteiger partial charge in [0.25, 0.3) is 0 Å². The first-order valence-electron chi connectivity index (χ1n) is 8.91. The van der Waals surface area contributed by atoms with Crippen molar-refractivity contribution in [3.05, 3.63) is 77.7 Å². The third-order valence-corrected chi connectivity index (χ3v) is 4.86. The van der Waals surface area contributed by atoms with E-state index in [4.69, 9.17) is 5.73 Å². The molecular weight excluding hydrogens is 337 g/mol. The second kappa shape index (κ2) is 6.80. The molecule has 1 aromatic heterocycles. The van der Waals surface area contributed by atoms with Crippen LogP contribution in [0.4, 0.5) is 10.1 Å². The number of pyridine rings is 1. The summed E-state index contributed by atoms with van der Waals surface area (Å²) in [5.41, 5.74) is 12.3. The molecule has 0 aliphatic carbocycles. The summed E-state index contributed by atoms with van der Waals surface area (Å²) in [5.74, 6) is 0.509. The van der Waals surface area contributed by atoms with Crippen molar-refractivity contribution >= 4 is 17.6 Å². The summed E-state index contributed by atoms with van der Waals surface area (Å²) in [6, 6.07) is 15.1. The molecule has 4 rings (SSSR count). The number of amidine groups is 1. The zero-order valence-electron chi connectivity index (χ0n) is 15.3. The van der Waals surface area contributed by atoms with E-state index in [1.807, 2.05) is 37.3 Å². The molecule has 0 saturated heterocycles. The monoisotopic (exact) mass is 357 g/mol. The van der Waals surface area contributed by atoms with Gasteiger partial charge in [-0.05, 0) is 54.4 Å². The first-order valence-corrected chi connectivity index (χ1v) is 8.91. The lowest BCUT2D eigenvalue weighted by Gasteiger charge is -2.11. The third kappa shape index (κ3) is 3.26. The Hall–Kier alpha value is -3.27. The number of halogens is 1. The molecule has 27 heavy (non-hydrogen) atoms. The van der Waals surface area contributed by atoms with E-state index in [1.165, 1.54) is 6.07 Å². The number of hydrogen-bond donors (Lipinski definition) is 1. The van der Waals surface area contributed by atoms with E-state index in [0.717, 1.165) is 33.6 Å². The number of aliphatic imine (C=N–C) groups is 1. The predicted octanol–water partition coefficient (Wildman–Crippen LogP) is 5.51. The maximum atomic E-state index is 13.7. The Kier molecular flexibility index (Phi) is 4.32. The fraction of sp³-hybridized carbons (Fsp3) is 0.130. The van der Waals surface area contributed by atoms with Crippen LogP contribution in [0.1, 0.15) is 18.1 Å². The van der Waals surface area contributed by atoms with E-state index >= 15 is 0 Å². The second-order valence-electron chi connectivity index (χ2n) is 6.82. The molecule has 0 fully saturated rings. The molecule has 0 spiro atoms. The minimum atomic E-state index is -0.212. The van der Waals surface area contributed by atoms with Crippen molar-refractivity contribution in [2.45, 2.75) is 13.8 Å². The molecule has 0 amide bonds. The van der Waals surface area contributed by atoms with E-state index in [9.17, 15) is 4.39 Å². The summed E-state index contributed by atoms with van der Waals surface area (Å²) in [5, 5.41) is 0. The molecule has 3 aromatic rings. The summed E-state index contributed by atoms with van der Waals surface area (Å²) >= 11 is 0. The summed E-state index contributed by atoms with van der Waals surface area (Å²) < 4.78 is 13.7. The van der Waals surface area contributed by atoms with Gasteiger partial charge < -0.3 is 5.73 Å². The summed E-state index contributed by atoms with van der Waals surface area (Å²) in [6.07, 6.45) is 5.88. The topological polar surface area (TPSA) is 51.3 Å². The highest BCUT2D eigenvalue weighted by Crippen LogP contribution is 2.35. The molecule has 1 atom stereocenters. The molecule has 2 aromatic carbocycles. The van der Waals surface area contributed by atoms with Crippen LogP contribution in [0.3, 0.4) is 0 Å². The molecule has 4 heteroatoms. The zero-order valence-corrected chi connectivity index (χ0v) is 15.3. The Bertz CT molecular complexity index is 1080. The standard InChI is InChI=1S/C23H20FN3/c1-14-5-6-17-13-16(8-10-21(17)27-23(14)25)19-4-3-11-26-22(19)18-7-9-20(24)15(2)12-18/h3-14H,1-2H3,(H2,25,27). The Morgan fingerprint density at radius 1 is 1.04 bits per heavy atom. The second-order valence-corrected chi connectivity index (χ2v) is 6.82. The lowest BCUT2D eigenvalue weighted by molar-refractivity contribution is 0.619. The van der Waals surface area contributed by atoms with Crippen LogP contribution in [-0.4, -0.2) is 10.8 Å². The molecule has 1 aliphatic heterocycles. The fourth-order valence-corrected chi connectivity index (χ4v) is 3.21. The summed E-state index contributed by atoms with van der Waals surface area (Å²) in [4.78, 5) is 9.09. The highest BCUT2D eigenvalue weighted by atomic mass is 19.1. The average Bonchev–Trinajstić information content (AvgIpc) is 2.82. The average molecular weight is 357 g/mol. The molecule has 2 N–H and O–H groups in total. The number of hydrogen-bond acceptors (Lipinski definition) is 3. The number of aromatic nitrogens is 1. The fourth-order valence-electron chi connectivity index (χ4n) is 3.21. The molecule has 2 heterocycles. The number of fused-ring (bicyclic) bond motifs is 1. The van der Waals surface area contributed by atoms with Gasteiger partial charge in [0.2, 0.25) is 0 Å². The van der Waals surface area contributed by atoms with Gasteiger partial charge in [0.05, 0.1) is 11.4 Å². The first kappa shape index (κ1) is 17.2. The molecule has 0 bridgehead atoms. The van der Waals surface area contributed by atoms with Crippen molar-refractivity contribution < 1.29 is 4.39 Å². The van der Waals surface area contributed by atoms with Crippen LogP contribution < -0.4 is 5.73 Å². The number of nitrogens with two attached hydrogens (primary N) is 1. The van der Waals surface area contributed by atoms with E-state index < -0.39 is 0 Å². The minimum absolute atomic E-state index is 0.108. The smallest absolute Gasteiger partial charge is 0.126 e. The van der Waals surface area contributed by atoms with Crippen molar-refractivity contribution in [3.63, 3.8) is 0 Å². The Labute approximate surface area is 158 Å². The molecule has 3 nitrogen and oxygen atoms in total.